The molecular formula is C14H23N3O3. The van der Waals surface area contributed by atoms with Crippen LogP contribution in [0.4, 0.5) is 0 Å². The van der Waals surface area contributed by atoms with Crippen LogP contribution in [0.5, 0.6) is 11.5 Å². The molecule has 0 aliphatic rings. The van der Waals surface area contributed by atoms with E-state index in [1.54, 1.807) is 27.3 Å². The van der Waals surface area contributed by atoms with E-state index in [1.165, 1.54) is 0 Å². The number of phenols is 1. The van der Waals surface area contributed by atoms with Crippen LogP contribution in [-0.2, 0) is 11.2 Å². The first kappa shape index (κ1) is 16.1. The average Bonchev–Trinajstić information content (AvgIpc) is 2.47. The molecule has 0 radical (unpaired) electrons. The number of guanidine groups is 1. The highest BCUT2D eigenvalue weighted by atomic mass is 16.5. The highest BCUT2D eigenvalue weighted by molar-refractivity contribution is 5.79. The average molecular weight is 281 g/mol. The van der Waals surface area contributed by atoms with Gasteiger partial charge in [-0.2, -0.15) is 0 Å². The van der Waals surface area contributed by atoms with Crippen molar-refractivity contribution in [2.24, 2.45) is 4.99 Å². The Kier molecular flexibility index (Phi) is 7.27. The van der Waals surface area contributed by atoms with E-state index >= 15 is 0 Å². The van der Waals surface area contributed by atoms with Gasteiger partial charge in [-0.1, -0.05) is 6.07 Å². The summed E-state index contributed by atoms with van der Waals surface area (Å²) >= 11 is 0. The summed E-state index contributed by atoms with van der Waals surface area (Å²) in [4.78, 5) is 4.10. The van der Waals surface area contributed by atoms with Gasteiger partial charge < -0.3 is 25.2 Å². The van der Waals surface area contributed by atoms with Crippen LogP contribution in [0.1, 0.15) is 5.56 Å². The van der Waals surface area contributed by atoms with Gasteiger partial charge >= 0.3 is 0 Å². The Labute approximate surface area is 119 Å². The number of hydrogen-bond acceptors (Lipinski definition) is 4. The number of nitrogens with one attached hydrogen (secondary N) is 2. The monoisotopic (exact) mass is 281 g/mol. The molecule has 0 bridgehead atoms. The normalized spacial score (nSPS) is 11.2. The number of nitrogens with zero attached hydrogens (tertiary/aromatic N) is 1. The van der Waals surface area contributed by atoms with Gasteiger partial charge in [0.2, 0.25) is 0 Å². The molecule has 112 valence electrons. The zero-order valence-electron chi connectivity index (χ0n) is 12.3. The second-order valence-corrected chi connectivity index (χ2v) is 4.16. The minimum Gasteiger partial charge on any atom is -0.508 e. The molecule has 3 N–H and O–H groups in total. The Hall–Kier alpha value is -1.95. The van der Waals surface area contributed by atoms with Crippen LogP contribution < -0.4 is 15.4 Å². The molecule has 0 aliphatic carbocycles. The fraction of sp³-hybridized carbons (Fsp3) is 0.500. The van der Waals surface area contributed by atoms with Crippen molar-refractivity contribution >= 4 is 5.96 Å². The number of ether oxygens (including phenoxy) is 2. The van der Waals surface area contributed by atoms with Crippen LogP contribution in [0.15, 0.2) is 23.2 Å². The molecule has 6 heteroatoms. The van der Waals surface area contributed by atoms with Gasteiger partial charge in [-0.15, -0.1) is 0 Å². The van der Waals surface area contributed by atoms with Gasteiger partial charge in [0.1, 0.15) is 11.5 Å². The van der Waals surface area contributed by atoms with Crippen molar-refractivity contribution in [1.82, 2.24) is 10.6 Å². The number of aromatic hydroxyl groups is 1. The molecule has 0 amide bonds. The van der Waals surface area contributed by atoms with Crippen LogP contribution in [0, 0.1) is 0 Å². The highest BCUT2D eigenvalue weighted by Gasteiger charge is 2.03. The Morgan fingerprint density at radius 3 is 2.60 bits per heavy atom. The zero-order valence-corrected chi connectivity index (χ0v) is 12.3. The minimum absolute atomic E-state index is 0.244. The zero-order chi connectivity index (χ0) is 14.8. The summed E-state index contributed by atoms with van der Waals surface area (Å²) in [6, 6.07) is 5.30. The highest BCUT2D eigenvalue weighted by Crippen LogP contribution is 2.23. The second-order valence-electron chi connectivity index (χ2n) is 4.16. The molecule has 0 aliphatic heterocycles. The van der Waals surface area contributed by atoms with Crippen molar-refractivity contribution < 1.29 is 14.6 Å². The van der Waals surface area contributed by atoms with Gasteiger partial charge in [0, 0.05) is 33.3 Å². The third-order valence-electron chi connectivity index (χ3n) is 2.80. The SMILES string of the molecule is CN=C(NCCOC)NCCc1ccc(OC)cc1O. The predicted molar refractivity (Wildman–Crippen MR) is 79.6 cm³/mol. The van der Waals surface area contributed by atoms with Crippen LogP contribution >= 0.6 is 0 Å². The van der Waals surface area contributed by atoms with Crippen LogP contribution in [0.2, 0.25) is 0 Å². The minimum atomic E-state index is 0.244. The maximum Gasteiger partial charge on any atom is 0.191 e. The van der Waals surface area contributed by atoms with Gasteiger partial charge in [-0.25, -0.2) is 0 Å². The van der Waals surface area contributed by atoms with E-state index in [0.717, 1.165) is 11.5 Å². The van der Waals surface area contributed by atoms with E-state index in [0.29, 0.717) is 31.9 Å². The molecule has 20 heavy (non-hydrogen) atoms. The number of benzene rings is 1. The van der Waals surface area contributed by atoms with Crippen molar-refractivity contribution in [3.8, 4) is 11.5 Å². The summed E-state index contributed by atoms with van der Waals surface area (Å²) in [6.07, 6.45) is 0.695. The van der Waals surface area contributed by atoms with Crippen LogP contribution in [0.25, 0.3) is 0 Å². The van der Waals surface area contributed by atoms with Gasteiger partial charge in [0.05, 0.1) is 13.7 Å². The van der Waals surface area contributed by atoms with Gasteiger partial charge in [0.15, 0.2) is 5.96 Å². The van der Waals surface area contributed by atoms with E-state index in [-0.39, 0.29) is 5.75 Å². The quantitative estimate of drug-likeness (QED) is 0.391. The molecule has 0 saturated carbocycles. The first-order valence-corrected chi connectivity index (χ1v) is 6.50. The summed E-state index contributed by atoms with van der Waals surface area (Å²) in [6.45, 7) is 2.00. The van der Waals surface area contributed by atoms with Crippen LogP contribution in [-0.4, -0.2) is 52.0 Å². The molecule has 0 heterocycles. The lowest BCUT2D eigenvalue weighted by molar-refractivity contribution is 0.203. The Bertz CT molecular complexity index is 436. The number of phenolic OH excluding ortho intramolecular Hbond substituents is 1. The summed E-state index contributed by atoms with van der Waals surface area (Å²) in [5.41, 5.74) is 0.866. The third-order valence-corrected chi connectivity index (χ3v) is 2.80. The van der Waals surface area contributed by atoms with E-state index in [9.17, 15) is 5.11 Å². The Balaban J connectivity index is 2.39. The maximum atomic E-state index is 9.85. The lowest BCUT2D eigenvalue weighted by Crippen LogP contribution is -2.39. The lowest BCUT2D eigenvalue weighted by Gasteiger charge is -2.12. The van der Waals surface area contributed by atoms with E-state index < -0.39 is 0 Å². The second kappa shape index (κ2) is 9.03. The van der Waals surface area contributed by atoms with Crippen molar-refractivity contribution in [2.45, 2.75) is 6.42 Å². The third kappa shape index (κ3) is 5.36. The topological polar surface area (TPSA) is 75.1 Å². The van der Waals surface area contributed by atoms with Crippen molar-refractivity contribution in [3.05, 3.63) is 23.8 Å². The first-order chi connectivity index (χ1) is 9.71. The van der Waals surface area contributed by atoms with Gasteiger partial charge in [-0.05, 0) is 18.1 Å². The fourth-order valence-corrected chi connectivity index (χ4v) is 1.69. The molecule has 0 unspecified atom stereocenters. The molecular weight excluding hydrogens is 258 g/mol. The molecule has 0 saturated heterocycles. The molecule has 1 aromatic carbocycles. The Morgan fingerprint density at radius 1 is 1.25 bits per heavy atom. The van der Waals surface area contributed by atoms with E-state index in [2.05, 4.69) is 15.6 Å². The van der Waals surface area contributed by atoms with E-state index in [1.807, 2.05) is 12.1 Å². The standard InChI is InChI=1S/C14H23N3O3/c1-15-14(17-8-9-19-2)16-7-6-11-4-5-12(20-3)10-13(11)18/h4-5,10,18H,6-9H2,1-3H3,(H2,15,16,17). The van der Waals surface area contributed by atoms with Crippen molar-refractivity contribution in [2.75, 3.05) is 41.0 Å². The molecule has 0 aromatic heterocycles. The van der Waals surface area contributed by atoms with Crippen molar-refractivity contribution in [3.63, 3.8) is 0 Å². The van der Waals surface area contributed by atoms with Gasteiger partial charge in [-0.3, -0.25) is 4.99 Å². The van der Waals surface area contributed by atoms with E-state index in [4.69, 9.17) is 9.47 Å². The molecule has 1 aromatic rings. The molecule has 1 rings (SSSR count). The van der Waals surface area contributed by atoms with Crippen LogP contribution in [0.3, 0.4) is 0 Å². The van der Waals surface area contributed by atoms with Gasteiger partial charge in [0.25, 0.3) is 0 Å². The smallest absolute Gasteiger partial charge is 0.191 e. The van der Waals surface area contributed by atoms with Crippen molar-refractivity contribution in [1.29, 1.82) is 0 Å². The summed E-state index contributed by atoms with van der Waals surface area (Å²) in [7, 11) is 4.95. The first-order valence-electron chi connectivity index (χ1n) is 6.50. The number of aliphatic imine (C=N–C) groups is 1. The summed E-state index contributed by atoms with van der Waals surface area (Å²) < 4.78 is 10.0. The molecule has 6 nitrogen and oxygen atoms in total. The summed E-state index contributed by atoms with van der Waals surface area (Å²) in [5.74, 6) is 1.61. The predicted octanol–water partition coefficient (Wildman–Crippen LogP) is 0.755. The molecule has 0 fully saturated rings. The largest absolute Gasteiger partial charge is 0.508 e. The molecule has 0 atom stereocenters. The number of hydrogen-bond donors (Lipinski definition) is 3. The maximum absolute atomic E-state index is 9.85. The molecule has 0 spiro atoms. The lowest BCUT2D eigenvalue weighted by atomic mass is 10.1. The number of rotatable bonds is 7. The fourth-order valence-electron chi connectivity index (χ4n) is 1.69. The Morgan fingerprint density at radius 2 is 2.00 bits per heavy atom. The number of methoxy groups -OCH3 is 2. The summed E-state index contributed by atoms with van der Waals surface area (Å²) in [5, 5.41) is 16.1.